The van der Waals surface area contributed by atoms with E-state index in [0.717, 1.165) is 28.4 Å². The van der Waals surface area contributed by atoms with Gasteiger partial charge in [-0.1, -0.05) is 41.9 Å². The first-order valence-electron chi connectivity index (χ1n) is 9.41. The fraction of sp³-hybridized carbons (Fsp3) is 0.182. The van der Waals surface area contributed by atoms with Gasteiger partial charge < -0.3 is 10.3 Å². The number of hydrogen-bond acceptors (Lipinski definition) is 2. The molecule has 4 aromatic rings. The Kier molecular flexibility index (Phi) is 6.02. The van der Waals surface area contributed by atoms with Crippen molar-refractivity contribution in [1.29, 1.82) is 0 Å². The van der Waals surface area contributed by atoms with Gasteiger partial charge in [-0.15, -0.1) is 0 Å². The molecule has 2 N–H and O–H groups in total. The Labute approximate surface area is 182 Å². The second-order valence-corrected chi connectivity index (χ2v) is 8.20. The summed E-state index contributed by atoms with van der Waals surface area (Å²) in [5, 5.41) is 9.29. The average molecular weight is 472 g/mol. The average Bonchev–Trinajstić information content (AvgIpc) is 3.27. The van der Waals surface area contributed by atoms with Crippen LogP contribution in [0.25, 0.3) is 10.9 Å². The second kappa shape index (κ2) is 8.84. The smallest absolute Gasteiger partial charge is 0.225 e. The van der Waals surface area contributed by atoms with Gasteiger partial charge in [-0.05, 0) is 58.1 Å². The van der Waals surface area contributed by atoms with Crippen molar-refractivity contribution in [2.24, 2.45) is 0 Å². The van der Waals surface area contributed by atoms with Crippen molar-refractivity contribution in [1.82, 2.24) is 14.8 Å². The molecule has 2 heterocycles. The van der Waals surface area contributed by atoms with Gasteiger partial charge in [0.25, 0.3) is 0 Å². The van der Waals surface area contributed by atoms with E-state index in [1.165, 1.54) is 10.9 Å². The third-order valence-electron chi connectivity index (χ3n) is 4.76. The highest BCUT2D eigenvalue weighted by Gasteiger charge is 2.11. The molecule has 0 aliphatic carbocycles. The maximum atomic E-state index is 12.4. The minimum atomic E-state index is -0.0396. The van der Waals surface area contributed by atoms with Crippen molar-refractivity contribution in [2.45, 2.75) is 25.8 Å². The quantitative estimate of drug-likeness (QED) is 0.358. The number of aryl methyl sites for hydroxylation is 1. The minimum absolute atomic E-state index is 0.0396. The predicted molar refractivity (Wildman–Crippen MR) is 120 cm³/mol. The molecule has 0 aliphatic rings. The van der Waals surface area contributed by atoms with Gasteiger partial charge in [0, 0.05) is 34.7 Å². The van der Waals surface area contributed by atoms with Crippen LogP contribution in [0.15, 0.2) is 65.4 Å². The van der Waals surface area contributed by atoms with E-state index in [9.17, 15) is 4.79 Å². The van der Waals surface area contributed by atoms with Gasteiger partial charge in [0.15, 0.2) is 5.82 Å². The zero-order chi connectivity index (χ0) is 20.2. The summed E-state index contributed by atoms with van der Waals surface area (Å²) in [5.41, 5.74) is 3.45. The lowest BCUT2D eigenvalue weighted by atomic mass is 10.1. The Morgan fingerprint density at radius 3 is 2.79 bits per heavy atom. The van der Waals surface area contributed by atoms with E-state index in [1.807, 2.05) is 48.8 Å². The summed E-state index contributed by atoms with van der Waals surface area (Å²) < 4.78 is 2.55. The van der Waals surface area contributed by atoms with E-state index in [1.54, 1.807) is 4.68 Å². The molecule has 0 atom stereocenters. The number of nitrogens with one attached hydrogen (secondary N) is 2. The second-order valence-electron chi connectivity index (χ2n) is 6.91. The van der Waals surface area contributed by atoms with E-state index in [0.29, 0.717) is 23.8 Å². The van der Waals surface area contributed by atoms with Gasteiger partial charge in [0.2, 0.25) is 5.91 Å². The van der Waals surface area contributed by atoms with Crippen LogP contribution in [-0.4, -0.2) is 20.7 Å². The number of hydrogen-bond donors (Lipinski definition) is 2. The maximum absolute atomic E-state index is 12.4. The number of carbonyl (C=O) groups excluding carboxylic acids is 1. The highest BCUT2D eigenvalue weighted by Crippen LogP contribution is 2.22. The normalized spacial score (nSPS) is 11.1. The molecule has 0 fully saturated rings. The van der Waals surface area contributed by atoms with Crippen LogP contribution in [-0.2, 0) is 17.8 Å². The summed E-state index contributed by atoms with van der Waals surface area (Å²) in [6.45, 7) is 0.603. The Morgan fingerprint density at radius 1 is 1.17 bits per heavy atom. The molecule has 1 amide bonds. The molecular weight excluding hydrogens is 452 g/mol. The molecule has 148 valence electrons. The van der Waals surface area contributed by atoms with Crippen LogP contribution in [0.1, 0.15) is 24.0 Å². The molecule has 29 heavy (non-hydrogen) atoms. The first-order chi connectivity index (χ1) is 14.1. The number of fused-ring (bicyclic) bond motifs is 1. The number of H-pyrrole nitrogens is 1. The maximum Gasteiger partial charge on any atom is 0.225 e. The number of aromatic amines is 1. The standard InChI is InChI=1S/C22H20BrClN4O/c23-19-14-28(13-15-8-10-17(24)11-9-15)27-22(19)26-21(29)7-3-4-16-12-25-20-6-2-1-5-18(16)20/h1-2,5-6,8-12,14,25H,3-4,7,13H2,(H,26,27,29). The molecule has 4 rings (SSSR count). The first kappa shape index (κ1) is 19.7. The fourth-order valence-electron chi connectivity index (χ4n) is 3.31. The van der Waals surface area contributed by atoms with E-state index < -0.39 is 0 Å². The summed E-state index contributed by atoms with van der Waals surface area (Å²) >= 11 is 9.40. The van der Waals surface area contributed by atoms with Gasteiger partial charge >= 0.3 is 0 Å². The van der Waals surface area contributed by atoms with Gasteiger partial charge in [-0.2, -0.15) is 5.10 Å². The van der Waals surface area contributed by atoms with Crippen molar-refractivity contribution >= 4 is 50.2 Å². The summed E-state index contributed by atoms with van der Waals surface area (Å²) in [6.07, 6.45) is 5.95. The minimum Gasteiger partial charge on any atom is -0.361 e. The predicted octanol–water partition coefficient (Wildman–Crippen LogP) is 5.79. The van der Waals surface area contributed by atoms with Crippen LogP contribution in [0.3, 0.4) is 0 Å². The molecule has 0 unspecified atom stereocenters. The summed E-state index contributed by atoms with van der Waals surface area (Å²) in [5.74, 6) is 0.498. The molecule has 0 spiro atoms. The first-order valence-corrected chi connectivity index (χ1v) is 10.6. The molecule has 0 bridgehead atoms. The zero-order valence-electron chi connectivity index (χ0n) is 15.7. The largest absolute Gasteiger partial charge is 0.361 e. The molecule has 2 aromatic heterocycles. The molecule has 2 aromatic carbocycles. The van der Waals surface area contributed by atoms with E-state index >= 15 is 0 Å². The number of para-hydroxylation sites is 1. The molecule has 5 nitrogen and oxygen atoms in total. The third kappa shape index (κ3) is 4.89. The molecule has 0 saturated heterocycles. The fourth-order valence-corrected chi connectivity index (χ4v) is 3.85. The topological polar surface area (TPSA) is 62.7 Å². The molecule has 7 heteroatoms. The number of nitrogens with zero attached hydrogens (tertiary/aromatic N) is 2. The zero-order valence-corrected chi connectivity index (χ0v) is 18.0. The van der Waals surface area contributed by atoms with E-state index in [-0.39, 0.29) is 5.91 Å². The summed E-state index contributed by atoms with van der Waals surface area (Å²) in [7, 11) is 0. The van der Waals surface area contributed by atoms with Gasteiger partial charge in [-0.25, -0.2) is 0 Å². The third-order valence-corrected chi connectivity index (χ3v) is 5.59. The van der Waals surface area contributed by atoms with E-state index in [4.69, 9.17) is 11.6 Å². The number of rotatable bonds is 7. The molecular formula is C22H20BrClN4O. The Hall–Kier alpha value is -2.57. The van der Waals surface area contributed by atoms with Crippen LogP contribution in [0.5, 0.6) is 0 Å². The van der Waals surface area contributed by atoms with Crippen LogP contribution >= 0.6 is 27.5 Å². The molecule has 0 saturated carbocycles. The van der Waals surface area contributed by atoms with Crippen molar-refractivity contribution in [2.75, 3.05) is 5.32 Å². The number of aromatic nitrogens is 3. The number of halogens is 2. The van der Waals surface area contributed by atoms with Gasteiger partial charge in [0.05, 0.1) is 11.0 Å². The van der Waals surface area contributed by atoms with Crippen molar-refractivity contribution in [3.8, 4) is 0 Å². The van der Waals surface area contributed by atoms with E-state index in [2.05, 4.69) is 43.5 Å². The summed E-state index contributed by atoms with van der Waals surface area (Å²) in [4.78, 5) is 15.6. The van der Waals surface area contributed by atoms with Crippen LogP contribution < -0.4 is 5.32 Å². The Balaban J connectivity index is 1.31. The monoisotopic (exact) mass is 470 g/mol. The number of anilines is 1. The molecule has 0 aliphatic heterocycles. The number of benzene rings is 2. The number of amides is 1. The Bertz CT molecular complexity index is 1130. The number of carbonyl (C=O) groups is 1. The summed E-state index contributed by atoms with van der Waals surface area (Å²) in [6, 6.07) is 15.8. The highest BCUT2D eigenvalue weighted by atomic mass is 79.9. The molecule has 0 radical (unpaired) electrons. The lowest BCUT2D eigenvalue weighted by Crippen LogP contribution is -2.13. The van der Waals surface area contributed by atoms with Crippen molar-refractivity contribution < 1.29 is 4.79 Å². The van der Waals surface area contributed by atoms with Crippen molar-refractivity contribution in [3.05, 3.63) is 81.5 Å². The Morgan fingerprint density at radius 2 is 1.97 bits per heavy atom. The van der Waals surface area contributed by atoms with Crippen LogP contribution in [0.4, 0.5) is 5.82 Å². The highest BCUT2D eigenvalue weighted by molar-refractivity contribution is 9.10. The SMILES string of the molecule is O=C(CCCc1c[nH]c2ccccc12)Nc1nn(Cc2ccc(Cl)cc2)cc1Br. The van der Waals surface area contributed by atoms with Crippen molar-refractivity contribution in [3.63, 3.8) is 0 Å². The van der Waals surface area contributed by atoms with Crippen LogP contribution in [0.2, 0.25) is 5.02 Å². The lowest BCUT2D eigenvalue weighted by molar-refractivity contribution is -0.116. The van der Waals surface area contributed by atoms with Gasteiger partial charge in [0.1, 0.15) is 0 Å². The lowest BCUT2D eigenvalue weighted by Gasteiger charge is -2.04. The van der Waals surface area contributed by atoms with Crippen LogP contribution in [0, 0.1) is 0 Å². The van der Waals surface area contributed by atoms with Gasteiger partial charge in [-0.3, -0.25) is 9.48 Å².